The lowest BCUT2D eigenvalue weighted by atomic mass is 9.80. The fourth-order valence-corrected chi connectivity index (χ4v) is 1.87. The van der Waals surface area contributed by atoms with Crippen LogP contribution in [0.15, 0.2) is 24.5 Å². The van der Waals surface area contributed by atoms with Crippen LogP contribution in [-0.2, 0) is 0 Å². The lowest BCUT2D eigenvalue weighted by molar-refractivity contribution is 0.335. The van der Waals surface area contributed by atoms with E-state index >= 15 is 0 Å². The number of aromatic nitrogens is 1. The molecule has 0 aliphatic rings. The molecule has 14 heavy (non-hydrogen) atoms. The summed E-state index contributed by atoms with van der Waals surface area (Å²) in [7, 11) is 0. The summed E-state index contributed by atoms with van der Waals surface area (Å²) in [5, 5.41) is 0. The molecule has 78 valence electrons. The molecule has 1 aromatic heterocycles. The van der Waals surface area contributed by atoms with E-state index in [1.165, 1.54) is 18.4 Å². The smallest absolute Gasteiger partial charge is 0.0270 e. The van der Waals surface area contributed by atoms with Gasteiger partial charge in [0.25, 0.3) is 0 Å². The molecule has 1 heteroatoms. The molecule has 0 radical (unpaired) electrons. The number of hydrogen-bond acceptors (Lipinski definition) is 1. The molecular formula is C13H21N. The van der Waals surface area contributed by atoms with Gasteiger partial charge in [-0.05, 0) is 41.9 Å². The van der Waals surface area contributed by atoms with Crippen molar-refractivity contribution < 1.29 is 0 Å². The maximum absolute atomic E-state index is 4.06. The third kappa shape index (κ3) is 3.49. The molecule has 0 aliphatic carbocycles. The first-order valence-electron chi connectivity index (χ1n) is 5.43. The van der Waals surface area contributed by atoms with Crippen LogP contribution in [0.5, 0.6) is 0 Å². The average molecular weight is 191 g/mol. The zero-order chi connectivity index (χ0) is 10.6. The molecule has 0 amide bonds. The Morgan fingerprint density at radius 3 is 2.21 bits per heavy atom. The Morgan fingerprint density at radius 1 is 1.21 bits per heavy atom. The normalized spacial score (nSPS) is 14.0. The summed E-state index contributed by atoms with van der Waals surface area (Å²) in [4.78, 5) is 4.06. The molecule has 1 atom stereocenters. The van der Waals surface area contributed by atoms with E-state index in [1.54, 1.807) is 0 Å². The van der Waals surface area contributed by atoms with Crippen molar-refractivity contribution >= 4 is 0 Å². The van der Waals surface area contributed by atoms with E-state index < -0.39 is 0 Å². The Bertz CT molecular complexity index is 258. The average Bonchev–Trinajstić information content (AvgIpc) is 2.14. The van der Waals surface area contributed by atoms with Crippen molar-refractivity contribution in [3.05, 3.63) is 30.1 Å². The van der Waals surface area contributed by atoms with Gasteiger partial charge in [0.1, 0.15) is 0 Å². The molecule has 0 spiro atoms. The predicted molar refractivity (Wildman–Crippen MR) is 61.3 cm³/mol. The zero-order valence-electron chi connectivity index (χ0n) is 9.75. The third-order valence-corrected chi connectivity index (χ3v) is 2.53. The van der Waals surface area contributed by atoms with E-state index in [1.807, 2.05) is 12.4 Å². The van der Waals surface area contributed by atoms with Gasteiger partial charge in [0.05, 0.1) is 0 Å². The standard InChI is InChI=1S/C13H21N/c1-5-11(10-13(2,3)4)12-6-8-14-9-7-12/h6-9,11H,5,10H2,1-4H3. The van der Waals surface area contributed by atoms with Gasteiger partial charge in [-0.25, -0.2) is 0 Å². The molecule has 0 aliphatic heterocycles. The second-order valence-corrected chi connectivity index (χ2v) is 5.15. The summed E-state index contributed by atoms with van der Waals surface area (Å²) in [6.45, 7) is 9.17. The Balaban J connectivity index is 2.73. The molecule has 0 N–H and O–H groups in total. The lowest BCUT2D eigenvalue weighted by Crippen LogP contribution is -2.11. The maximum atomic E-state index is 4.06. The molecule has 1 nitrogen and oxygen atoms in total. The van der Waals surface area contributed by atoms with Crippen LogP contribution >= 0.6 is 0 Å². The van der Waals surface area contributed by atoms with Crippen molar-refractivity contribution in [2.24, 2.45) is 5.41 Å². The largest absolute Gasteiger partial charge is 0.265 e. The lowest BCUT2D eigenvalue weighted by Gasteiger charge is -2.25. The highest BCUT2D eigenvalue weighted by Crippen LogP contribution is 2.32. The Hall–Kier alpha value is -0.850. The number of nitrogens with zero attached hydrogens (tertiary/aromatic N) is 1. The Kier molecular flexibility index (Phi) is 3.68. The second-order valence-electron chi connectivity index (χ2n) is 5.15. The molecule has 1 unspecified atom stereocenters. The monoisotopic (exact) mass is 191 g/mol. The van der Waals surface area contributed by atoms with Gasteiger partial charge in [0.15, 0.2) is 0 Å². The summed E-state index contributed by atoms with van der Waals surface area (Å²) < 4.78 is 0. The van der Waals surface area contributed by atoms with Crippen molar-refractivity contribution in [2.45, 2.75) is 46.5 Å². The first kappa shape index (κ1) is 11.2. The van der Waals surface area contributed by atoms with Crippen LogP contribution < -0.4 is 0 Å². The molecule has 0 saturated carbocycles. The van der Waals surface area contributed by atoms with Crippen LogP contribution in [0, 0.1) is 5.41 Å². The Morgan fingerprint density at radius 2 is 1.79 bits per heavy atom. The van der Waals surface area contributed by atoms with Gasteiger partial charge >= 0.3 is 0 Å². The number of rotatable bonds is 3. The van der Waals surface area contributed by atoms with Crippen LogP contribution in [-0.4, -0.2) is 4.98 Å². The molecule has 0 aromatic carbocycles. The molecule has 1 rings (SSSR count). The van der Waals surface area contributed by atoms with Gasteiger partial charge in [-0.2, -0.15) is 0 Å². The Labute approximate surface area is 87.6 Å². The third-order valence-electron chi connectivity index (χ3n) is 2.53. The molecule has 1 aromatic rings. The quantitative estimate of drug-likeness (QED) is 0.703. The van der Waals surface area contributed by atoms with Crippen molar-refractivity contribution in [3.63, 3.8) is 0 Å². The highest BCUT2D eigenvalue weighted by molar-refractivity contribution is 5.15. The molecule has 1 heterocycles. The van der Waals surface area contributed by atoms with Gasteiger partial charge in [0, 0.05) is 12.4 Å². The molecule has 0 bridgehead atoms. The molecule has 0 saturated heterocycles. The van der Waals surface area contributed by atoms with Crippen molar-refractivity contribution in [3.8, 4) is 0 Å². The van der Waals surface area contributed by atoms with Crippen LogP contribution in [0.2, 0.25) is 0 Å². The zero-order valence-corrected chi connectivity index (χ0v) is 9.75. The van der Waals surface area contributed by atoms with Gasteiger partial charge in [-0.1, -0.05) is 27.7 Å². The number of pyridine rings is 1. The molecular weight excluding hydrogens is 170 g/mol. The van der Waals surface area contributed by atoms with Gasteiger partial charge in [0.2, 0.25) is 0 Å². The van der Waals surface area contributed by atoms with E-state index in [0.717, 1.165) is 0 Å². The topological polar surface area (TPSA) is 12.9 Å². The minimum Gasteiger partial charge on any atom is -0.265 e. The van der Waals surface area contributed by atoms with Crippen molar-refractivity contribution in [2.75, 3.05) is 0 Å². The van der Waals surface area contributed by atoms with E-state index in [2.05, 4.69) is 44.8 Å². The summed E-state index contributed by atoms with van der Waals surface area (Å²) in [5.74, 6) is 0.679. The van der Waals surface area contributed by atoms with Crippen LogP contribution in [0.25, 0.3) is 0 Å². The van der Waals surface area contributed by atoms with Crippen LogP contribution in [0.4, 0.5) is 0 Å². The molecule has 0 fully saturated rings. The van der Waals surface area contributed by atoms with Crippen LogP contribution in [0.3, 0.4) is 0 Å². The van der Waals surface area contributed by atoms with E-state index in [-0.39, 0.29) is 0 Å². The fraction of sp³-hybridized carbons (Fsp3) is 0.615. The highest BCUT2D eigenvalue weighted by Gasteiger charge is 2.18. The minimum absolute atomic E-state index is 0.407. The maximum Gasteiger partial charge on any atom is 0.0270 e. The SMILES string of the molecule is CCC(CC(C)(C)C)c1ccncc1. The predicted octanol–water partition coefficient (Wildman–Crippen LogP) is 4.01. The summed E-state index contributed by atoms with van der Waals surface area (Å²) in [6.07, 6.45) is 6.23. The van der Waals surface area contributed by atoms with Crippen LogP contribution in [0.1, 0.15) is 52.0 Å². The van der Waals surface area contributed by atoms with Gasteiger partial charge < -0.3 is 0 Å². The van der Waals surface area contributed by atoms with Crippen molar-refractivity contribution in [1.82, 2.24) is 4.98 Å². The first-order valence-corrected chi connectivity index (χ1v) is 5.43. The minimum atomic E-state index is 0.407. The van der Waals surface area contributed by atoms with Crippen molar-refractivity contribution in [1.29, 1.82) is 0 Å². The summed E-state index contributed by atoms with van der Waals surface area (Å²) in [5.41, 5.74) is 1.83. The van der Waals surface area contributed by atoms with E-state index in [0.29, 0.717) is 11.3 Å². The van der Waals surface area contributed by atoms with Gasteiger partial charge in [-0.3, -0.25) is 4.98 Å². The summed E-state index contributed by atoms with van der Waals surface area (Å²) in [6, 6.07) is 4.28. The highest BCUT2D eigenvalue weighted by atomic mass is 14.6. The fourth-order valence-electron chi connectivity index (χ4n) is 1.87. The van der Waals surface area contributed by atoms with E-state index in [9.17, 15) is 0 Å². The van der Waals surface area contributed by atoms with Gasteiger partial charge in [-0.15, -0.1) is 0 Å². The number of hydrogen-bond donors (Lipinski definition) is 0. The second kappa shape index (κ2) is 4.59. The van der Waals surface area contributed by atoms with E-state index in [4.69, 9.17) is 0 Å². The summed E-state index contributed by atoms with van der Waals surface area (Å²) >= 11 is 0. The first-order chi connectivity index (χ1) is 6.53.